The normalized spacial score (nSPS) is 15.3. The van der Waals surface area contributed by atoms with Crippen molar-refractivity contribution in [1.82, 2.24) is 9.88 Å². The Labute approximate surface area is 152 Å². The zero-order valence-corrected chi connectivity index (χ0v) is 14.9. The molecule has 2 heterocycles. The highest BCUT2D eigenvalue weighted by Gasteiger charge is 2.31. The topological polar surface area (TPSA) is 57.0 Å². The van der Waals surface area contributed by atoms with Crippen molar-refractivity contribution in [2.75, 3.05) is 13.6 Å². The number of pyridine rings is 1. The number of nitriles is 1. The first kappa shape index (κ1) is 17.6. The number of amides is 1. The molecular weight excluding hydrogens is 329 g/mol. The maximum atomic E-state index is 13.8. The van der Waals surface area contributed by atoms with Gasteiger partial charge in [-0.3, -0.25) is 9.78 Å². The van der Waals surface area contributed by atoms with Gasteiger partial charge in [0.1, 0.15) is 5.82 Å². The number of halogens is 1. The molecule has 1 aliphatic heterocycles. The van der Waals surface area contributed by atoms with Gasteiger partial charge in [0.15, 0.2) is 0 Å². The lowest BCUT2D eigenvalue weighted by atomic mass is 9.87. The van der Waals surface area contributed by atoms with Crippen LogP contribution in [0.3, 0.4) is 0 Å². The van der Waals surface area contributed by atoms with Crippen LogP contribution < -0.4 is 0 Å². The van der Waals surface area contributed by atoms with Gasteiger partial charge in [-0.1, -0.05) is 25.7 Å². The Balaban J connectivity index is 2.00. The van der Waals surface area contributed by atoms with Crippen molar-refractivity contribution in [3.8, 4) is 17.9 Å². The molecule has 4 nitrogen and oxygen atoms in total. The van der Waals surface area contributed by atoms with Crippen LogP contribution in [-0.4, -0.2) is 29.4 Å². The Morgan fingerprint density at radius 2 is 2.00 bits per heavy atom. The number of carbonyl (C=O) groups excluding carboxylic acids is 1. The van der Waals surface area contributed by atoms with E-state index in [4.69, 9.17) is 5.26 Å². The van der Waals surface area contributed by atoms with Crippen LogP contribution in [0.4, 0.5) is 4.39 Å². The van der Waals surface area contributed by atoms with Crippen molar-refractivity contribution in [1.29, 1.82) is 5.26 Å². The summed E-state index contributed by atoms with van der Waals surface area (Å²) in [5, 5.41) is 8.92. The lowest BCUT2D eigenvalue weighted by Gasteiger charge is -2.26. The van der Waals surface area contributed by atoms with Gasteiger partial charge in [-0.2, -0.15) is 5.26 Å². The molecule has 5 heteroatoms. The van der Waals surface area contributed by atoms with Gasteiger partial charge in [0.05, 0.1) is 28.5 Å². The summed E-state index contributed by atoms with van der Waals surface area (Å²) in [5.74, 6) is 5.00. The highest BCUT2D eigenvalue weighted by molar-refractivity contribution is 5.96. The smallest absolute Gasteiger partial charge is 0.255 e. The van der Waals surface area contributed by atoms with E-state index in [2.05, 4.69) is 30.7 Å². The maximum Gasteiger partial charge on any atom is 0.255 e. The van der Waals surface area contributed by atoms with Gasteiger partial charge in [0.2, 0.25) is 0 Å². The molecule has 0 fully saturated rings. The number of carbonyl (C=O) groups is 1. The Hall–Kier alpha value is -3.18. The number of nitrogens with zero attached hydrogens (tertiary/aromatic N) is 3. The lowest BCUT2D eigenvalue weighted by Crippen LogP contribution is -2.33. The lowest BCUT2D eigenvalue weighted by molar-refractivity contribution is 0.0754. The third-order valence-corrected chi connectivity index (χ3v) is 4.30. The van der Waals surface area contributed by atoms with Gasteiger partial charge < -0.3 is 4.90 Å². The molecule has 0 bridgehead atoms. The van der Waals surface area contributed by atoms with Gasteiger partial charge in [-0.05, 0) is 36.1 Å². The van der Waals surface area contributed by atoms with Crippen LogP contribution in [0, 0.1) is 34.4 Å². The summed E-state index contributed by atoms with van der Waals surface area (Å²) in [6.07, 6.45) is 2.30. The van der Waals surface area contributed by atoms with E-state index in [9.17, 15) is 9.18 Å². The van der Waals surface area contributed by atoms with Crippen molar-refractivity contribution in [3.05, 3.63) is 64.2 Å². The van der Waals surface area contributed by atoms with Crippen molar-refractivity contribution in [3.63, 3.8) is 0 Å². The van der Waals surface area contributed by atoms with Gasteiger partial charge in [0.25, 0.3) is 5.91 Å². The van der Waals surface area contributed by atoms with Crippen LogP contribution in [0.15, 0.2) is 30.5 Å². The van der Waals surface area contributed by atoms with Crippen LogP contribution in [-0.2, 0) is 6.42 Å². The number of fused-ring (bicyclic) bond motifs is 1. The van der Waals surface area contributed by atoms with Gasteiger partial charge in [-0.25, -0.2) is 4.39 Å². The fourth-order valence-corrected chi connectivity index (χ4v) is 3.15. The molecule has 0 aliphatic carbocycles. The second-order valence-corrected chi connectivity index (χ2v) is 7.28. The first-order chi connectivity index (χ1) is 12.3. The largest absolute Gasteiger partial charge is 0.341 e. The van der Waals surface area contributed by atoms with Crippen LogP contribution in [0.2, 0.25) is 0 Å². The van der Waals surface area contributed by atoms with Crippen LogP contribution in [0.5, 0.6) is 0 Å². The van der Waals surface area contributed by atoms with E-state index in [1.807, 2.05) is 6.07 Å². The highest BCUT2D eigenvalue weighted by atomic mass is 19.1. The van der Waals surface area contributed by atoms with E-state index in [1.54, 1.807) is 24.2 Å². The zero-order valence-electron chi connectivity index (χ0n) is 14.9. The molecule has 0 N–H and O–H groups in total. The fourth-order valence-electron chi connectivity index (χ4n) is 3.15. The Morgan fingerprint density at radius 3 is 2.73 bits per heavy atom. The maximum absolute atomic E-state index is 13.8. The predicted molar refractivity (Wildman–Crippen MR) is 95.8 cm³/mol. The minimum absolute atomic E-state index is 0.0588. The van der Waals surface area contributed by atoms with E-state index in [-0.39, 0.29) is 16.9 Å². The van der Waals surface area contributed by atoms with Crippen molar-refractivity contribution in [2.45, 2.75) is 20.3 Å². The summed E-state index contributed by atoms with van der Waals surface area (Å²) in [4.78, 5) is 18.8. The third-order valence-electron chi connectivity index (χ3n) is 4.30. The molecule has 1 aromatic heterocycles. The molecule has 1 amide bonds. The zero-order chi connectivity index (χ0) is 18.9. The average Bonchev–Trinajstić information content (AvgIpc) is 2.68. The van der Waals surface area contributed by atoms with Crippen LogP contribution >= 0.6 is 0 Å². The van der Waals surface area contributed by atoms with Crippen LogP contribution in [0.1, 0.15) is 46.6 Å². The molecule has 0 saturated heterocycles. The standard InChI is InChI=1S/C21H18FN3O/c1-21(2)10-19-17(20(26)25(3)13-21)9-15(12-24-19)4-6-16-8-14(11-23)5-7-18(16)22/h5,7-9,12H,10,13H2,1-3H3. The second kappa shape index (κ2) is 6.61. The summed E-state index contributed by atoms with van der Waals surface area (Å²) in [7, 11) is 1.78. The number of aromatic nitrogens is 1. The monoisotopic (exact) mass is 347 g/mol. The molecule has 3 rings (SSSR count). The Kier molecular flexibility index (Phi) is 4.49. The molecule has 0 atom stereocenters. The van der Waals surface area contributed by atoms with Crippen molar-refractivity contribution in [2.24, 2.45) is 5.41 Å². The molecule has 2 aromatic rings. The number of hydrogen-bond acceptors (Lipinski definition) is 3. The van der Waals surface area contributed by atoms with E-state index in [0.717, 1.165) is 5.69 Å². The minimum atomic E-state index is -0.489. The number of hydrogen-bond donors (Lipinski definition) is 0. The first-order valence-corrected chi connectivity index (χ1v) is 8.25. The van der Waals surface area contributed by atoms with E-state index >= 15 is 0 Å². The summed E-state index contributed by atoms with van der Waals surface area (Å²) in [5.41, 5.74) is 2.26. The fraction of sp³-hybridized carbons (Fsp3) is 0.286. The van der Waals surface area contributed by atoms with Crippen LogP contribution in [0.25, 0.3) is 0 Å². The van der Waals surface area contributed by atoms with E-state index < -0.39 is 5.82 Å². The second-order valence-electron chi connectivity index (χ2n) is 7.28. The first-order valence-electron chi connectivity index (χ1n) is 8.25. The summed E-state index contributed by atoms with van der Waals surface area (Å²) < 4.78 is 13.8. The third kappa shape index (κ3) is 3.58. The molecule has 0 saturated carbocycles. The summed E-state index contributed by atoms with van der Waals surface area (Å²) in [6, 6.07) is 7.70. The molecule has 0 spiro atoms. The van der Waals surface area contributed by atoms with Crippen molar-refractivity contribution < 1.29 is 9.18 Å². The highest BCUT2D eigenvalue weighted by Crippen LogP contribution is 2.28. The van der Waals surface area contributed by atoms with E-state index in [0.29, 0.717) is 29.7 Å². The molecule has 130 valence electrons. The van der Waals surface area contributed by atoms with E-state index in [1.165, 1.54) is 18.2 Å². The summed E-state index contributed by atoms with van der Waals surface area (Å²) >= 11 is 0. The molecular formula is C21H18FN3O. The van der Waals surface area contributed by atoms with Gasteiger partial charge >= 0.3 is 0 Å². The average molecular weight is 347 g/mol. The number of rotatable bonds is 0. The molecule has 1 aromatic carbocycles. The molecule has 0 radical (unpaired) electrons. The Bertz CT molecular complexity index is 993. The predicted octanol–water partition coefficient (Wildman–Crippen LogP) is 3.15. The SMILES string of the molecule is CN1CC(C)(C)Cc2ncc(C#Cc3cc(C#N)ccc3F)cc2C1=O. The summed E-state index contributed by atoms with van der Waals surface area (Å²) in [6.45, 7) is 4.86. The minimum Gasteiger partial charge on any atom is -0.341 e. The molecule has 26 heavy (non-hydrogen) atoms. The van der Waals surface area contributed by atoms with Gasteiger partial charge in [0, 0.05) is 25.4 Å². The molecule has 0 unspecified atom stereocenters. The number of benzene rings is 1. The Morgan fingerprint density at radius 1 is 1.23 bits per heavy atom. The van der Waals surface area contributed by atoms with Gasteiger partial charge in [-0.15, -0.1) is 0 Å². The quantitative estimate of drug-likeness (QED) is 0.688. The molecule has 1 aliphatic rings. The van der Waals surface area contributed by atoms with Crippen molar-refractivity contribution >= 4 is 5.91 Å².